The van der Waals surface area contributed by atoms with Gasteiger partial charge in [-0.1, -0.05) is 6.92 Å². The Morgan fingerprint density at radius 3 is 3.11 bits per heavy atom. The predicted octanol–water partition coefficient (Wildman–Crippen LogP) is 1.69. The van der Waals surface area contributed by atoms with E-state index in [0.717, 1.165) is 25.5 Å². The molecule has 0 spiro atoms. The molecule has 1 N–H and O–H groups in total. The number of imidazole rings is 2. The first-order valence-corrected chi connectivity index (χ1v) is 6.51. The highest BCUT2D eigenvalue weighted by Crippen LogP contribution is 2.27. The largest absolute Gasteiger partial charge is 0.348 e. The molecule has 0 aliphatic carbocycles. The summed E-state index contributed by atoms with van der Waals surface area (Å²) in [6.45, 7) is 5.45. The van der Waals surface area contributed by atoms with E-state index in [2.05, 4.69) is 37.5 Å². The van der Waals surface area contributed by atoms with Crippen molar-refractivity contribution in [2.75, 3.05) is 13.1 Å². The molecular weight excluding hydrogens is 226 g/mol. The lowest BCUT2D eigenvalue weighted by atomic mass is 9.93. The quantitative estimate of drug-likeness (QED) is 0.895. The average Bonchev–Trinajstić information content (AvgIpc) is 3.04. The normalized spacial score (nSPS) is 25.4. The molecular formula is C13H19N5. The van der Waals surface area contributed by atoms with Gasteiger partial charge in [0.2, 0.25) is 0 Å². The standard InChI is InChI=1S/C13H19N5/c1-11-2-6-17(9-13-15-3-4-16-13)8-12(11)18-7-5-14-10-18/h3-5,7,10-12H,2,6,8-9H2,1H3,(H,15,16). The van der Waals surface area contributed by atoms with Gasteiger partial charge in [-0.3, -0.25) is 4.90 Å². The summed E-state index contributed by atoms with van der Waals surface area (Å²) in [5.74, 6) is 1.75. The summed E-state index contributed by atoms with van der Waals surface area (Å²) in [6, 6.07) is 0.524. The molecule has 1 aliphatic rings. The van der Waals surface area contributed by atoms with Crippen molar-refractivity contribution in [3.8, 4) is 0 Å². The SMILES string of the molecule is CC1CCN(Cc2ncc[nH]2)CC1n1ccnc1. The molecule has 2 atom stereocenters. The van der Waals surface area contributed by atoms with E-state index in [4.69, 9.17) is 0 Å². The molecule has 0 aromatic carbocycles. The van der Waals surface area contributed by atoms with Crippen molar-refractivity contribution in [1.29, 1.82) is 0 Å². The Hall–Kier alpha value is -1.62. The van der Waals surface area contributed by atoms with Crippen LogP contribution in [0.2, 0.25) is 0 Å². The second-order valence-electron chi connectivity index (χ2n) is 5.11. The molecule has 3 heterocycles. The molecule has 2 aromatic rings. The van der Waals surface area contributed by atoms with E-state index < -0.39 is 0 Å². The Balaban J connectivity index is 1.68. The topological polar surface area (TPSA) is 49.7 Å². The molecule has 0 bridgehead atoms. The lowest BCUT2D eigenvalue weighted by Gasteiger charge is -2.37. The van der Waals surface area contributed by atoms with Gasteiger partial charge in [-0.2, -0.15) is 0 Å². The molecule has 1 fully saturated rings. The minimum atomic E-state index is 0.524. The van der Waals surface area contributed by atoms with Gasteiger partial charge in [0.1, 0.15) is 5.82 Å². The lowest BCUT2D eigenvalue weighted by molar-refractivity contribution is 0.124. The maximum Gasteiger partial charge on any atom is 0.120 e. The van der Waals surface area contributed by atoms with Gasteiger partial charge in [-0.15, -0.1) is 0 Å². The summed E-state index contributed by atoms with van der Waals surface area (Å²) in [4.78, 5) is 14.1. The van der Waals surface area contributed by atoms with E-state index in [-0.39, 0.29) is 0 Å². The molecule has 1 saturated heterocycles. The van der Waals surface area contributed by atoms with Gasteiger partial charge in [-0.25, -0.2) is 9.97 Å². The minimum Gasteiger partial charge on any atom is -0.348 e. The Kier molecular flexibility index (Phi) is 3.15. The molecule has 0 amide bonds. The van der Waals surface area contributed by atoms with Crippen molar-refractivity contribution in [3.05, 3.63) is 36.9 Å². The van der Waals surface area contributed by atoms with Crippen molar-refractivity contribution in [2.24, 2.45) is 5.92 Å². The Morgan fingerprint density at radius 2 is 2.39 bits per heavy atom. The molecule has 5 heteroatoms. The lowest BCUT2D eigenvalue weighted by Crippen LogP contribution is -2.40. The van der Waals surface area contributed by atoms with Crippen molar-refractivity contribution >= 4 is 0 Å². The number of likely N-dealkylation sites (tertiary alicyclic amines) is 1. The number of aromatic amines is 1. The molecule has 2 aromatic heterocycles. The molecule has 18 heavy (non-hydrogen) atoms. The van der Waals surface area contributed by atoms with E-state index in [1.807, 2.05) is 24.9 Å². The van der Waals surface area contributed by atoms with Gasteiger partial charge >= 0.3 is 0 Å². The van der Waals surface area contributed by atoms with Crippen LogP contribution in [-0.2, 0) is 6.54 Å². The van der Waals surface area contributed by atoms with Gasteiger partial charge in [-0.05, 0) is 18.9 Å². The van der Waals surface area contributed by atoms with E-state index >= 15 is 0 Å². The molecule has 2 unspecified atom stereocenters. The van der Waals surface area contributed by atoms with Crippen LogP contribution in [0, 0.1) is 5.92 Å². The third-order valence-corrected chi connectivity index (χ3v) is 3.84. The van der Waals surface area contributed by atoms with Gasteiger partial charge in [0, 0.05) is 37.4 Å². The smallest absolute Gasteiger partial charge is 0.120 e. The number of piperidine rings is 1. The van der Waals surface area contributed by atoms with Gasteiger partial charge in [0.25, 0.3) is 0 Å². The Morgan fingerprint density at radius 1 is 1.44 bits per heavy atom. The highest BCUT2D eigenvalue weighted by molar-refractivity contribution is 4.92. The fraction of sp³-hybridized carbons (Fsp3) is 0.538. The van der Waals surface area contributed by atoms with Gasteiger partial charge < -0.3 is 9.55 Å². The number of nitrogens with zero attached hydrogens (tertiary/aromatic N) is 4. The van der Waals surface area contributed by atoms with E-state index in [0.29, 0.717) is 12.0 Å². The van der Waals surface area contributed by atoms with E-state index in [1.54, 1.807) is 0 Å². The van der Waals surface area contributed by atoms with Crippen molar-refractivity contribution in [2.45, 2.75) is 25.9 Å². The van der Waals surface area contributed by atoms with Crippen LogP contribution in [0.3, 0.4) is 0 Å². The number of H-pyrrole nitrogens is 1. The van der Waals surface area contributed by atoms with Gasteiger partial charge in [0.05, 0.1) is 12.9 Å². The van der Waals surface area contributed by atoms with Crippen LogP contribution >= 0.6 is 0 Å². The van der Waals surface area contributed by atoms with Crippen molar-refractivity contribution < 1.29 is 0 Å². The average molecular weight is 245 g/mol. The highest BCUT2D eigenvalue weighted by atomic mass is 15.2. The van der Waals surface area contributed by atoms with Gasteiger partial charge in [0.15, 0.2) is 0 Å². The van der Waals surface area contributed by atoms with Crippen LogP contribution in [0.4, 0.5) is 0 Å². The maximum absolute atomic E-state index is 4.30. The van der Waals surface area contributed by atoms with Crippen LogP contribution in [0.25, 0.3) is 0 Å². The molecule has 1 aliphatic heterocycles. The third-order valence-electron chi connectivity index (χ3n) is 3.84. The first kappa shape index (κ1) is 11.5. The van der Waals surface area contributed by atoms with Crippen LogP contribution in [0.15, 0.2) is 31.1 Å². The first-order chi connectivity index (χ1) is 8.83. The first-order valence-electron chi connectivity index (χ1n) is 6.51. The fourth-order valence-electron chi connectivity index (χ4n) is 2.71. The highest BCUT2D eigenvalue weighted by Gasteiger charge is 2.27. The number of nitrogens with one attached hydrogen (secondary N) is 1. The number of hydrogen-bond acceptors (Lipinski definition) is 3. The van der Waals surface area contributed by atoms with Crippen LogP contribution in [0.5, 0.6) is 0 Å². The number of aromatic nitrogens is 4. The molecule has 0 radical (unpaired) electrons. The second kappa shape index (κ2) is 4.94. The maximum atomic E-state index is 4.30. The number of hydrogen-bond donors (Lipinski definition) is 1. The monoisotopic (exact) mass is 245 g/mol. The van der Waals surface area contributed by atoms with Crippen molar-refractivity contribution in [1.82, 2.24) is 24.4 Å². The third kappa shape index (κ3) is 2.31. The zero-order valence-corrected chi connectivity index (χ0v) is 10.7. The Bertz CT molecular complexity index is 462. The van der Waals surface area contributed by atoms with Crippen LogP contribution in [-0.4, -0.2) is 37.5 Å². The second-order valence-corrected chi connectivity index (χ2v) is 5.11. The summed E-state index contributed by atoms with van der Waals surface area (Å²) in [5.41, 5.74) is 0. The zero-order valence-electron chi connectivity index (χ0n) is 10.7. The number of rotatable bonds is 3. The summed E-state index contributed by atoms with van der Waals surface area (Å²) in [5, 5.41) is 0. The summed E-state index contributed by atoms with van der Waals surface area (Å²) >= 11 is 0. The Labute approximate surface area is 107 Å². The fourth-order valence-corrected chi connectivity index (χ4v) is 2.71. The van der Waals surface area contributed by atoms with E-state index in [9.17, 15) is 0 Å². The van der Waals surface area contributed by atoms with Crippen LogP contribution in [0.1, 0.15) is 25.2 Å². The van der Waals surface area contributed by atoms with Crippen molar-refractivity contribution in [3.63, 3.8) is 0 Å². The molecule has 3 rings (SSSR count). The summed E-state index contributed by atoms with van der Waals surface area (Å²) < 4.78 is 2.24. The zero-order chi connectivity index (χ0) is 12.4. The van der Waals surface area contributed by atoms with E-state index in [1.165, 1.54) is 6.42 Å². The molecule has 0 saturated carbocycles. The molecule has 5 nitrogen and oxygen atoms in total. The predicted molar refractivity (Wildman–Crippen MR) is 68.9 cm³/mol. The van der Waals surface area contributed by atoms with Crippen LogP contribution < -0.4 is 0 Å². The molecule has 96 valence electrons. The minimum absolute atomic E-state index is 0.524. The summed E-state index contributed by atoms with van der Waals surface area (Å²) in [6.07, 6.45) is 10.8. The summed E-state index contributed by atoms with van der Waals surface area (Å²) in [7, 11) is 0.